The van der Waals surface area contributed by atoms with E-state index in [1.807, 2.05) is 76.5 Å². The molecule has 0 spiro atoms. The molecule has 3 heterocycles. The summed E-state index contributed by atoms with van der Waals surface area (Å²) in [6, 6.07) is 22.1. The van der Waals surface area contributed by atoms with Gasteiger partial charge in [-0.1, -0.05) is 30.3 Å². The lowest BCUT2D eigenvalue weighted by Gasteiger charge is -2.26. The molecule has 0 aliphatic carbocycles. The summed E-state index contributed by atoms with van der Waals surface area (Å²) in [7, 11) is 0. The molecule has 17 nitrogen and oxygen atoms in total. The minimum atomic E-state index is -0.115. The van der Waals surface area contributed by atoms with Gasteiger partial charge in [-0.25, -0.2) is 9.97 Å². The summed E-state index contributed by atoms with van der Waals surface area (Å²) in [4.78, 5) is 12.1. The van der Waals surface area contributed by atoms with Crippen molar-refractivity contribution in [1.82, 2.24) is 50.8 Å². The van der Waals surface area contributed by atoms with Crippen LogP contribution in [0.2, 0.25) is 0 Å². The summed E-state index contributed by atoms with van der Waals surface area (Å²) in [6.07, 6.45) is 3.17. The van der Waals surface area contributed by atoms with Crippen molar-refractivity contribution >= 4 is 11.4 Å². The van der Waals surface area contributed by atoms with E-state index >= 15 is 0 Å². The molecular weight excluding hydrogens is 666 g/mol. The molecule has 3 aromatic heterocycles. The SMILES string of the molecule is NCc1ccc(-c2nnc(-c3ncccn3)nn2)c(OCCN(CCO)c2ccccc2-c2nnc(-c3ccccc3N(CCO)CCO)nn2)c1. The standard InChI is InChI=1S/C35H37N13O4/c36-23-24-10-11-27(33-43-45-35(46-44-33)34-37-12-5-13-38-34)30(22-24)52-21-17-48(16-20-51)29-9-4-2-7-26(29)32-41-39-31(40-42-32)25-6-1-3-8-28(25)47(14-18-49)15-19-50/h1-13,22,49-51H,14-21,23,36H2. The molecule has 266 valence electrons. The van der Waals surface area contributed by atoms with Gasteiger partial charge in [-0.15, -0.1) is 40.8 Å². The lowest BCUT2D eigenvalue weighted by Crippen LogP contribution is -2.31. The fourth-order valence-corrected chi connectivity index (χ4v) is 5.49. The van der Waals surface area contributed by atoms with Crippen molar-refractivity contribution in [2.45, 2.75) is 6.54 Å². The van der Waals surface area contributed by atoms with Gasteiger partial charge in [0.25, 0.3) is 0 Å². The Kier molecular flexibility index (Phi) is 12.1. The molecule has 0 aliphatic rings. The van der Waals surface area contributed by atoms with Crippen LogP contribution in [0, 0.1) is 0 Å². The topological polar surface area (TPSA) is 231 Å². The molecule has 0 fully saturated rings. The van der Waals surface area contributed by atoms with Crippen LogP contribution in [0.1, 0.15) is 5.56 Å². The largest absolute Gasteiger partial charge is 0.491 e. The first-order chi connectivity index (χ1) is 25.6. The van der Waals surface area contributed by atoms with Crippen LogP contribution in [0.15, 0.2) is 85.2 Å². The summed E-state index contributed by atoms with van der Waals surface area (Å²) >= 11 is 0. The predicted molar refractivity (Wildman–Crippen MR) is 192 cm³/mol. The highest BCUT2D eigenvalue weighted by molar-refractivity contribution is 5.76. The summed E-state index contributed by atoms with van der Waals surface area (Å²) in [5.74, 6) is 1.85. The molecule has 17 heteroatoms. The molecule has 0 aliphatic heterocycles. The maximum atomic E-state index is 10.0. The second kappa shape index (κ2) is 17.7. The lowest BCUT2D eigenvalue weighted by molar-refractivity contribution is 0.281. The van der Waals surface area contributed by atoms with Crippen LogP contribution in [0.5, 0.6) is 5.75 Å². The molecule has 0 unspecified atom stereocenters. The van der Waals surface area contributed by atoms with E-state index in [1.165, 1.54) is 0 Å². The van der Waals surface area contributed by atoms with Gasteiger partial charge in [-0.05, 0) is 48.0 Å². The van der Waals surface area contributed by atoms with Gasteiger partial charge in [0.1, 0.15) is 12.4 Å². The van der Waals surface area contributed by atoms with E-state index in [-0.39, 0.29) is 38.1 Å². The lowest BCUT2D eigenvalue weighted by atomic mass is 10.1. The van der Waals surface area contributed by atoms with Gasteiger partial charge in [0.15, 0.2) is 0 Å². The minimum Gasteiger partial charge on any atom is -0.491 e. The Hall–Kier alpha value is -6.14. The zero-order chi connectivity index (χ0) is 36.1. The number of aliphatic hydroxyl groups excluding tert-OH is 3. The normalized spacial score (nSPS) is 11.0. The molecule has 6 rings (SSSR count). The van der Waals surface area contributed by atoms with Gasteiger partial charge in [0.2, 0.25) is 29.1 Å². The van der Waals surface area contributed by atoms with Crippen molar-refractivity contribution < 1.29 is 20.1 Å². The second-order valence-corrected chi connectivity index (χ2v) is 11.2. The van der Waals surface area contributed by atoms with Crippen LogP contribution in [0.25, 0.3) is 45.8 Å². The first-order valence-corrected chi connectivity index (χ1v) is 16.5. The van der Waals surface area contributed by atoms with Crippen LogP contribution >= 0.6 is 0 Å². The van der Waals surface area contributed by atoms with E-state index in [0.29, 0.717) is 72.6 Å². The average Bonchev–Trinajstić information content (AvgIpc) is 3.21. The van der Waals surface area contributed by atoms with E-state index in [2.05, 4.69) is 50.8 Å². The third-order valence-electron chi connectivity index (χ3n) is 7.95. The second-order valence-electron chi connectivity index (χ2n) is 11.2. The molecule has 0 saturated carbocycles. The number of ether oxygens (including phenoxy) is 1. The maximum absolute atomic E-state index is 10.0. The highest BCUT2D eigenvalue weighted by Gasteiger charge is 2.19. The number of nitrogens with zero attached hydrogens (tertiary/aromatic N) is 12. The average molecular weight is 704 g/mol. The summed E-state index contributed by atoms with van der Waals surface area (Å²) in [5, 5.41) is 63.7. The minimum absolute atomic E-state index is 0.0828. The number of rotatable bonds is 17. The fourth-order valence-electron chi connectivity index (χ4n) is 5.49. The smallest absolute Gasteiger partial charge is 0.240 e. The van der Waals surface area contributed by atoms with E-state index in [1.54, 1.807) is 18.5 Å². The molecule has 0 radical (unpaired) electrons. The zero-order valence-electron chi connectivity index (χ0n) is 28.1. The van der Waals surface area contributed by atoms with Crippen molar-refractivity contribution in [2.75, 3.05) is 62.4 Å². The monoisotopic (exact) mass is 703 g/mol. The van der Waals surface area contributed by atoms with Gasteiger partial charge in [0, 0.05) is 61.1 Å². The first-order valence-electron chi connectivity index (χ1n) is 16.5. The quantitative estimate of drug-likeness (QED) is 0.105. The van der Waals surface area contributed by atoms with Crippen LogP contribution < -0.4 is 20.3 Å². The highest BCUT2D eigenvalue weighted by Crippen LogP contribution is 2.32. The molecule has 0 amide bonds. The molecule has 5 N–H and O–H groups in total. The van der Waals surface area contributed by atoms with Gasteiger partial charge in [-0.2, -0.15) is 0 Å². The molecule has 6 aromatic rings. The number of aliphatic hydroxyl groups is 3. The van der Waals surface area contributed by atoms with Crippen molar-refractivity contribution in [3.05, 3.63) is 90.8 Å². The molecule has 0 saturated heterocycles. The Labute approximate surface area is 298 Å². The number of hydrogen-bond donors (Lipinski definition) is 4. The van der Waals surface area contributed by atoms with E-state index in [9.17, 15) is 15.3 Å². The summed E-state index contributed by atoms with van der Waals surface area (Å²) in [5.41, 5.74) is 10.2. The molecule has 0 atom stereocenters. The number of nitrogens with two attached hydrogens (primary N) is 1. The Morgan fingerprint density at radius 3 is 1.52 bits per heavy atom. The third-order valence-corrected chi connectivity index (χ3v) is 7.95. The first kappa shape index (κ1) is 35.7. The van der Waals surface area contributed by atoms with E-state index in [4.69, 9.17) is 10.5 Å². The number of aromatic nitrogens is 10. The Morgan fingerprint density at radius 2 is 1.00 bits per heavy atom. The number of anilines is 2. The number of hydrogen-bond acceptors (Lipinski definition) is 17. The van der Waals surface area contributed by atoms with Crippen molar-refractivity contribution in [3.63, 3.8) is 0 Å². The van der Waals surface area contributed by atoms with Gasteiger partial charge in [-0.3, -0.25) is 0 Å². The third kappa shape index (κ3) is 8.41. The maximum Gasteiger partial charge on any atom is 0.240 e. The van der Waals surface area contributed by atoms with E-state index in [0.717, 1.165) is 16.9 Å². The molecule has 3 aromatic carbocycles. The fraction of sp³-hybridized carbons (Fsp3) is 0.257. The molecular formula is C35H37N13O4. The molecule has 52 heavy (non-hydrogen) atoms. The number of benzene rings is 3. The Morgan fingerprint density at radius 1 is 0.519 bits per heavy atom. The van der Waals surface area contributed by atoms with Crippen LogP contribution in [-0.2, 0) is 6.54 Å². The van der Waals surface area contributed by atoms with E-state index < -0.39 is 0 Å². The van der Waals surface area contributed by atoms with Gasteiger partial charge >= 0.3 is 0 Å². The zero-order valence-corrected chi connectivity index (χ0v) is 28.1. The highest BCUT2D eigenvalue weighted by atomic mass is 16.5. The van der Waals surface area contributed by atoms with Gasteiger partial charge in [0.05, 0.1) is 31.9 Å². The van der Waals surface area contributed by atoms with Crippen LogP contribution in [0.3, 0.4) is 0 Å². The van der Waals surface area contributed by atoms with Crippen molar-refractivity contribution in [1.29, 1.82) is 0 Å². The van der Waals surface area contributed by atoms with Crippen molar-refractivity contribution in [2.24, 2.45) is 5.73 Å². The predicted octanol–water partition coefficient (Wildman–Crippen LogP) is 1.43. The number of para-hydroxylation sites is 2. The Bertz CT molecular complexity index is 2020. The van der Waals surface area contributed by atoms with Crippen LogP contribution in [-0.4, -0.2) is 119 Å². The molecule has 0 bridgehead atoms. The van der Waals surface area contributed by atoms with Crippen LogP contribution in [0.4, 0.5) is 11.4 Å². The van der Waals surface area contributed by atoms with Crippen molar-refractivity contribution in [3.8, 4) is 51.6 Å². The summed E-state index contributed by atoms with van der Waals surface area (Å²) in [6.45, 7) is 1.58. The summed E-state index contributed by atoms with van der Waals surface area (Å²) < 4.78 is 6.29. The Balaban J connectivity index is 1.21. The van der Waals surface area contributed by atoms with Gasteiger partial charge < -0.3 is 35.6 Å².